The van der Waals surface area contributed by atoms with Gasteiger partial charge in [0.2, 0.25) is 0 Å². The fraction of sp³-hybridized carbons (Fsp3) is 0. The molecule has 40 heavy (non-hydrogen) atoms. The van der Waals surface area contributed by atoms with Crippen molar-refractivity contribution in [3.8, 4) is 22.3 Å². The zero-order valence-electron chi connectivity index (χ0n) is 21.8. The number of benzene rings is 7. The van der Waals surface area contributed by atoms with E-state index in [1.807, 2.05) is 24.3 Å². The highest BCUT2D eigenvalue weighted by Gasteiger charge is 2.11. The third kappa shape index (κ3) is 3.81. The zero-order chi connectivity index (χ0) is 26.5. The number of anilines is 2. The number of para-hydroxylation sites is 1. The van der Waals surface area contributed by atoms with Crippen LogP contribution in [0.25, 0.3) is 65.7 Å². The Balaban J connectivity index is 1.15. The van der Waals surface area contributed by atoms with Crippen LogP contribution in [0.3, 0.4) is 0 Å². The van der Waals surface area contributed by atoms with E-state index >= 15 is 0 Å². The standard InChI is InChI=1S/C38H25NO/c1-2-8-28-23-30(18-15-25(28)7-1)32-11-5-9-27-16-17-29(24-34(27)32)26-19-21-31(22-20-26)39-35-12-6-14-37-38(35)33-10-3-4-13-36(33)40-37/h1-24,39H. The molecule has 0 aliphatic rings. The first-order chi connectivity index (χ1) is 19.8. The summed E-state index contributed by atoms with van der Waals surface area (Å²) >= 11 is 0. The highest BCUT2D eigenvalue weighted by Crippen LogP contribution is 2.37. The Morgan fingerprint density at radius 2 is 1.12 bits per heavy atom. The molecule has 1 N–H and O–H groups in total. The summed E-state index contributed by atoms with van der Waals surface area (Å²) in [6.45, 7) is 0. The van der Waals surface area contributed by atoms with Gasteiger partial charge in [-0.3, -0.25) is 0 Å². The van der Waals surface area contributed by atoms with Crippen LogP contribution < -0.4 is 5.32 Å². The highest BCUT2D eigenvalue weighted by atomic mass is 16.3. The molecular weight excluding hydrogens is 486 g/mol. The lowest BCUT2D eigenvalue weighted by molar-refractivity contribution is 0.669. The fourth-order valence-corrected chi connectivity index (χ4v) is 5.84. The van der Waals surface area contributed by atoms with Gasteiger partial charge in [0, 0.05) is 11.1 Å². The van der Waals surface area contributed by atoms with E-state index in [2.05, 4.69) is 127 Å². The zero-order valence-corrected chi connectivity index (χ0v) is 21.8. The lowest BCUT2D eigenvalue weighted by Crippen LogP contribution is -1.91. The Labute approximate surface area is 232 Å². The minimum atomic E-state index is 0.890. The van der Waals surface area contributed by atoms with Gasteiger partial charge in [0.05, 0.1) is 11.1 Å². The van der Waals surface area contributed by atoms with Crippen LogP contribution in [0.1, 0.15) is 0 Å². The first-order valence-electron chi connectivity index (χ1n) is 13.6. The Morgan fingerprint density at radius 3 is 2.05 bits per heavy atom. The van der Waals surface area contributed by atoms with Gasteiger partial charge in [-0.15, -0.1) is 0 Å². The summed E-state index contributed by atoms with van der Waals surface area (Å²) in [6, 6.07) is 51.6. The monoisotopic (exact) mass is 511 g/mol. The number of rotatable bonds is 4. The van der Waals surface area contributed by atoms with Gasteiger partial charge >= 0.3 is 0 Å². The maximum atomic E-state index is 6.07. The van der Waals surface area contributed by atoms with E-state index in [1.54, 1.807) is 0 Å². The highest BCUT2D eigenvalue weighted by molar-refractivity contribution is 6.12. The van der Waals surface area contributed by atoms with Crippen LogP contribution in [0, 0.1) is 0 Å². The van der Waals surface area contributed by atoms with Crippen molar-refractivity contribution < 1.29 is 4.42 Å². The summed E-state index contributed by atoms with van der Waals surface area (Å²) in [7, 11) is 0. The van der Waals surface area contributed by atoms with Gasteiger partial charge in [-0.05, 0) is 86.3 Å². The summed E-state index contributed by atoms with van der Waals surface area (Å²) in [5.41, 5.74) is 8.76. The molecule has 1 aromatic heterocycles. The van der Waals surface area contributed by atoms with Crippen LogP contribution in [0.15, 0.2) is 150 Å². The van der Waals surface area contributed by atoms with Gasteiger partial charge in [0.1, 0.15) is 11.2 Å². The van der Waals surface area contributed by atoms with Crippen LogP contribution in [0.4, 0.5) is 11.4 Å². The second-order valence-corrected chi connectivity index (χ2v) is 10.3. The van der Waals surface area contributed by atoms with Crippen LogP contribution in [0.2, 0.25) is 0 Å². The van der Waals surface area contributed by atoms with Crippen molar-refractivity contribution in [3.05, 3.63) is 146 Å². The predicted octanol–water partition coefficient (Wildman–Crippen LogP) is 11.0. The van der Waals surface area contributed by atoms with Gasteiger partial charge in [0.25, 0.3) is 0 Å². The third-order valence-corrected chi connectivity index (χ3v) is 7.84. The van der Waals surface area contributed by atoms with Crippen molar-refractivity contribution in [1.29, 1.82) is 0 Å². The van der Waals surface area contributed by atoms with Crippen molar-refractivity contribution in [2.45, 2.75) is 0 Å². The molecule has 1 heterocycles. The molecule has 188 valence electrons. The van der Waals surface area contributed by atoms with E-state index in [4.69, 9.17) is 4.42 Å². The fourth-order valence-electron chi connectivity index (χ4n) is 5.84. The van der Waals surface area contributed by atoms with Crippen LogP contribution in [-0.2, 0) is 0 Å². The van der Waals surface area contributed by atoms with Gasteiger partial charge in [-0.2, -0.15) is 0 Å². The molecule has 0 aliphatic carbocycles. The molecule has 2 heteroatoms. The largest absolute Gasteiger partial charge is 0.456 e. The van der Waals surface area contributed by atoms with E-state index < -0.39 is 0 Å². The van der Waals surface area contributed by atoms with Gasteiger partial charge in [-0.1, -0.05) is 103 Å². The number of fused-ring (bicyclic) bond motifs is 5. The Kier molecular flexibility index (Phi) is 5.17. The molecule has 7 aromatic carbocycles. The van der Waals surface area contributed by atoms with E-state index in [0.29, 0.717) is 0 Å². The molecule has 0 bridgehead atoms. The first kappa shape index (κ1) is 22.6. The van der Waals surface area contributed by atoms with Crippen molar-refractivity contribution in [2.24, 2.45) is 0 Å². The molecule has 0 aliphatic heterocycles. The molecule has 2 nitrogen and oxygen atoms in total. The maximum absolute atomic E-state index is 6.07. The second-order valence-electron chi connectivity index (χ2n) is 10.3. The number of nitrogens with one attached hydrogen (secondary N) is 1. The third-order valence-electron chi connectivity index (χ3n) is 7.84. The minimum absolute atomic E-state index is 0.890. The predicted molar refractivity (Wildman–Crippen MR) is 169 cm³/mol. The molecule has 0 atom stereocenters. The Morgan fingerprint density at radius 1 is 0.425 bits per heavy atom. The molecule has 0 amide bonds. The van der Waals surface area contributed by atoms with Crippen LogP contribution in [-0.4, -0.2) is 0 Å². The molecule has 0 saturated carbocycles. The summed E-state index contributed by atoms with van der Waals surface area (Å²) < 4.78 is 6.07. The Hall–Kier alpha value is -5.34. The number of hydrogen-bond donors (Lipinski definition) is 1. The lowest BCUT2D eigenvalue weighted by Gasteiger charge is -2.12. The van der Waals surface area contributed by atoms with E-state index in [1.165, 1.54) is 43.8 Å². The topological polar surface area (TPSA) is 25.2 Å². The smallest absolute Gasteiger partial charge is 0.137 e. The van der Waals surface area contributed by atoms with Crippen molar-refractivity contribution in [2.75, 3.05) is 5.32 Å². The van der Waals surface area contributed by atoms with Crippen molar-refractivity contribution >= 4 is 54.9 Å². The van der Waals surface area contributed by atoms with Crippen molar-refractivity contribution in [1.82, 2.24) is 0 Å². The molecule has 8 rings (SSSR count). The molecule has 0 spiro atoms. The number of furan rings is 1. The molecule has 0 fully saturated rings. The molecular formula is C38H25NO. The molecule has 8 aromatic rings. The average molecular weight is 512 g/mol. The van der Waals surface area contributed by atoms with E-state index in [-0.39, 0.29) is 0 Å². The van der Waals surface area contributed by atoms with Gasteiger partial charge in [0.15, 0.2) is 0 Å². The van der Waals surface area contributed by atoms with Crippen LogP contribution >= 0.6 is 0 Å². The summed E-state index contributed by atoms with van der Waals surface area (Å²) in [4.78, 5) is 0. The summed E-state index contributed by atoms with van der Waals surface area (Å²) in [5, 5.41) is 10.9. The quantitative estimate of drug-likeness (QED) is 0.254. The van der Waals surface area contributed by atoms with E-state index in [0.717, 1.165) is 33.3 Å². The first-order valence-corrected chi connectivity index (χ1v) is 13.6. The van der Waals surface area contributed by atoms with Crippen LogP contribution in [0.5, 0.6) is 0 Å². The average Bonchev–Trinajstić information content (AvgIpc) is 3.40. The maximum Gasteiger partial charge on any atom is 0.137 e. The summed E-state index contributed by atoms with van der Waals surface area (Å²) in [6.07, 6.45) is 0. The molecule has 0 saturated heterocycles. The summed E-state index contributed by atoms with van der Waals surface area (Å²) in [5.74, 6) is 0. The minimum Gasteiger partial charge on any atom is -0.456 e. The second kappa shape index (κ2) is 9.14. The SMILES string of the molecule is c1ccc2cc(-c3cccc4ccc(-c5ccc(Nc6cccc7oc8ccccc8c67)cc5)cc34)ccc2c1. The van der Waals surface area contributed by atoms with E-state index in [9.17, 15) is 0 Å². The van der Waals surface area contributed by atoms with Gasteiger partial charge < -0.3 is 9.73 Å². The number of hydrogen-bond acceptors (Lipinski definition) is 2. The van der Waals surface area contributed by atoms with Gasteiger partial charge in [-0.25, -0.2) is 0 Å². The Bertz CT molecular complexity index is 2190. The van der Waals surface area contributed by atoms with Crippen molar-refractivity contribution in [3.63, 3.8) is 0 Å². The molecule has 0 radical (unpaired) electrons. The molecule has 0 unspecified atom stereocenters. The normalized spacial score (nSPS) is 11.5. The lowest BCUT2D eigenvalue weighted by atomic mass is 9.93.